The van der Waals surface area contributed by atoms with Crippen molar-refractivity contribution in [2.45, 2.75) is 32.4 Å². The number of urea groups is 1. The predicted molar refractivity (Wildman–Crippen MR) is 132 cm³/mol. The number of nitrogens with one attached hydrogen (secondary N) is 2. The van der Waals surface area contributed by atoms with Crippen molar-refractivity contribution in [3.63, 3.8) is 0 Å². The monoisotopic (exact) mass is 520 g/mol. The third-order valence-electron chi connectivity index (χ3n) is 5.43. The lowest BCUT2D eigenvalue weighted by Gasteiger charge is -2.22. The van der Waals surface area contributed by atoms with Crippen LogP contribution < -0.4 is 15.4 Å². The smallest absolute Gasteiger partial charge is 0.387 e. The van der Waals surface area contributed by atoms with Gasteiger partial charge in [0.1, 0.15) is 17.6 Å². The number of carbonyl (C=O) groups excluding carboxylic acids is 3. The van der Waals surface area contributed by atoms with E-state index in [1.54, 1.807) is 25.9 Å². The highest BCUT2D eigenvalue weighted by atomic mass is 19.3. The lowest BCUT2D eigenvalue weighted by atomic mass is 10.1. The molecule has 198 valence electrons. The Morgan fingerprint density at radius 2 is 1.76 bits per heavy atom. The van der Waals surface area contributed by atoms with Crippen LogP contribution in [0.2, 0.25) is 0 Å². The van der Waals surface area contributed by atoms with Crippen molar-refractivity contribution in [1.82, 2.24) is 9.47 Å². The van der Waals surface area contributed by atoms with Crippen molar-refractivity contribution in [2.24, 2.45) is 0 Å². The summed E-state index contributed by atoms with van der Waals surface area (Å²) in [6.07, 6.45) is 1.56. The Bertz CT molecular complexity index is 1260. The average molecular weight is 521 g/mol. The largest absolute Gasteiger partial charge is 0.465 e. The van der Waals surface area contributed by atoms with E-state index in [0.29, 0.717) is 16.6 Å². The van der Waals surface area contributed by atoms with Crippen LogP contribution in [-0.4, -0.2) is 60.7 Å². The van der Waals surface area contributed by atoms with E-state index in [4.69, 9.17) is 4.74 Å². The molecule has 12 heteroatoms. The number of likely N-dealkylation sites (N-methyl/N-ethyl adjacent to an activating group) is 1. The van der Waals surface area contributed by atoms with Crippen molar-refractivity contribution in [2.75, 3.05) is 31.3 Å². The van der Waals surface area contributed by atoms with Gasteiger partial charge in [0.05, 0.1) is 17.8 Å². The van der Waals surface area contributed by atoms with E-state index in [1.165, 1.54) is 53.2 Å². The quantitative estimate of drug-likeness (QED) is 0.367. The zero-order valence-corrected chi connectivity index (χ0v) is 20.5. The summed E-state index contributed by atoms with van der Waals surface area (Å²) < 4.78 is 49.2. The van der Waals surface area contributed by atoms with Crippen molar-refractivity contribution in [3.8, 4) is 5.75 Å². The van der Waals surface area contributed by atoms with E-state index in [9.17, 15) is 27.6 Å². The summed E-state index contributed by atoms with van der Waals surface area (Å²) in [5, 5.41) is 5.40. The molecule has 0 aliphatic rings. The SMILES string of the molecule is CCOC(=O)C(CCC(=O)n1cc(NC(=O)Nc2ccc(OC(F)F)cc2)c2cc(F)ccc21)N(C)C. The number of amides is 2. The van der Waals surface area contributed by atoms with Gasteiger partial charge in [-0.05, 0) is 69.9 Å². The van der Waals surface area contributed by atoms with Gasteiger partial charge in [-0.25, -0.2) is 9.18 Å². The molecule has 2 N–H and O–H groups in total. The Kier molecular flexibility index (Phi) is 9.12. The van der Waals surface area contributed by atoms with Crippen molar-refractivity contribution in [3.05, 3.63) is 54.5 Å². The molecule has 2 aromatic carbocycles. The van der Waals surface area contributed by atoms with E-state index < -0.39 is 30.5 Å². The molecular weight excluding hydrogens is 493 g/mol. The van der Waals surface area contributed by atoms with Gasteiger partial charge in [0.15, 0.2) is 0 Å². The van der Waals surface area contributed by atoms with E-state index in [-0.39, 0.29) is 36.8 Å². The maximum atomic E-state index is 14.0. The second kappa shape index (κ2) is 12.3. The minimum atomic E-state index is -2.97. The van der Waals surface area contributed by atoms with Crippen LogP contribution >= 0.6 is 0 Å². The molecule has 0 spiro atoms. The second-order valence-corrected chi connectivity index (χ2v) is 8.22. The van der Waals surface area contributed by atoms with Gasteiger partial charge < -0.3 is 20.1 Å². The Morgan fingerprint density at radius 3 is 2.38 bits per heavy atom. The van der Waals surface area contributed by atoms with Crippen LogP contribution in [0.1, 0.15) is 24.6 Å². The molecule has 1 aromatic heterocycles. The number of fused-ring (bicyclic) bond motifs is 1. The van der Waals surface area contributed by atoms with Gasteiger partial charge in [0.25, 0.3) is 0 Å². The first-order chi connectivity index (χ1) is 17.6. The van der Waals surface area contributed by atoms with Crippen LogP contribution in [0.5, 0.6) is 5.75 Å². The first kappa shape index (κ1) is 27.5. The molecule has 0 aliphatic heterocycles. The van der Waals surface area contributed by atoms with Crippen molar-refractivity contribution >= 4 is 40.2 Å². The molecule has 0 radical (unpaired) electrons. The molecule has 37 heavy (non-hydrogen) atoms. The minimum Gasteiger partial charge on any atom is -0.465 e. The minimum absolute atomic E-state index is 0.0124. The average Bonchev–Trinajstić information content (AvgIpc) is 3.17. The number of carbonyl (C=O) groups is 3. The third kappa shape index (κ3) is 7.23. The van der Waals surface area contributed by atoms with Crippen molar-refractivity contribution < 1.29 is 37.0 Å². The van der Waals surface area contributed by atoms with E-state index in [0.717, 1.165) is 0 Å². The fourth-order valence-corrected chi connectivity index (χ4v) is 3.72. The fraction of sp³-hybridized carbons (Fsp3) is 0.320. The van der Waals surface area contributed by atoms with Gasteiger partial charge in [0, 0.05) is 23.7 Å². The molecule has 2 amide bonds. The number of anilines is 2. The Labute approximate surface area is 211 Å². The number of esters is 1. The predicted octanol–water partition coefficient (Wildman–Crippen LogP) is 4.94. The first-order valence-corrected chi connectivity index (χ1v) is 11.4. The van der Waals surface area contributed by atoms with Gasteiger partial charge in [-0.15, -0.1) is 0 Å². The van der Waals surface area contributed by atoms with Crippen LogP contribution in [0.3, 0.4) is 0 Å². The van der Waals surface area contributed by atoms with Crippen LogP contribution in [0.25, 0.3) is 10.9 Å². The highest BCUT2D eigenvalue weighted by Gasteiger charge is 2.24. The van der Waals surface area contributed by atoms with Gasteiger partial charge >= 0.3 is 18.6 Å². The standard InChI is InChI=1S/C25H27F3N4O5/c1-4-36-23(34)21(31(2)3)11-12-22(33)32-14-19(18-13-15(26)5-10-20(18)32)30-25(35)29-16-6-8-17(9-7-16)37-24(27)28/h5-10,13-14,21,24H,4,11-12H2,1-3H3,(H2,29,30,35). The van der Waals surface area contributed by atoms with Crippen LogP contribution in [0.4, 0.5) is 29.3 Å². The maximum absolute atomic E-state index is 14.0. The molecule has 9 nitrogen and oxygen atoms in total. The maximum Gasteiger partial charge on any atom is 0.387 e. The summed E-state index contributed by atoms with van der Waals surface area (Å²) in [5.41, 5.74) is 0.832. The fourth-order valence-electron chi connectivity index (χ4n) is 3.72. The number of ether oxygens (including phenoxy) is 2. The summed E-state index contributed by atoms with van der Waals surface area (Å²) >= 11 is 0. The molecule has 0 fully saturated rings. The number of aromatic nitrogens is 1. The normalized spacial score (nSPS) is 12.0. The van der Waals surface area contributed by atoms with Gasteiger partial charge in [0.2, 0.25) is 5.91 Å². The Morgan fingerprint density at radius 1 is 1.05 bits per heavy atom. The number of alkyl halides is 2. The summed E-state index contributed by atoms with van der Waals surface area (Å²) in [6, 6.07) is 7.74. The highest BCUT2D eigenvalue weighted by molar-refractivity contribution is 6.08. The highest BCUT2D eigenvalue weighted by Crippen LogP contribution is 2.28. The molecule has 0 saturated heterocycles. The Hall–Kier alpha value is -4.06. The van der Waals surface area contributed by atoms with Crippen LogP contribution in [0.15, 0.2) is 48.7 Å². The zero-order chi connectivity index (χ0) is 27.1. The molecule has 0 saturated carbocycles. The van der Waals surface area contributed by atoms with Crippen LogP contribution in [-0.2, 0) is 9.53 Å². The lowest BCUT2D eigenvalue weighted by Crippen LogP contribution is -2.37. The zero-order valence-electron chi connectivity index (χ0n) is 20.5. The molecule has 0 aliphatic carbocycles. The van der Waals surface area contributed by atoms with E-state index >= 15 is 0 Å². The summed E-state index contributed by atoms with van der Waals surface area (Å²) in [5.74, 6) is -1.44. The third-order valence-corrected chi connectivity index (χ3v) is 5.43. The van der Waals surface area contributed by atoms with Gasteiger partial charge in [-0.2, -0.15) is 8.78 Å². The lowest BCUT2D eigenvalue weighted by molar-refractivity contribution is -0.148. The summed E-state index contributed by atoms with van der Waals surface area (Å²) in [7, 11) is 3.42. The number of halogens is 3. The van der Waals surface area contributed by atoms with Gasteiger partial charge in [-0.1, -0.05) is 0 Å². The summed E-state index contributed by atoms with van der Waals surface area (Å²) in [4.78, 5) is 39.5. The molecule has 3 aromatic rings. The van der Waals surface area contributed by atoms with Crippen molar-refractivity contribution in [1.29, 1.82) is 0 Å². The number of nitrogens with zero attached hydrogens (tertiary/aromatic N) is 2. The van der Waals surface area contributed by atoms with Crippen LogP contribution in [0, 0.1) is 5.82 Å². The number of benzene rings is 2. The molecule has 3 rings (SSSR count). The topological polar surface area (TPSA) is 102 Å². The Balaban J connectivity index is 1.76. The van der Waals surface area contributed by atoms with Gasteiger partial charge in [-0.3, -0.25) is 19.1 Å². The molecule has 1 atom stereocenters. The van der Waals surface area contributed by atoms with E-state index in [1.807, 2.05) is 0 Å². The molecular formula is C25H27F3N4O5. The second-order valence-electron chi connectivity index (χ2n) is 8.22. The van der Waals surface area contributed by atoms with E-state index in [2.05, 4.69) is 15.4 Å². The molecule has 0 bridgehead atoms. The molecule has 1 heterocycles. The molecule has 1 unspecified atom stereocenters. The number of rotatable bonds is 10. The first-order valence-electron chi connectivity index (χ1n) is 11.4. The number of hydrogen-bond acceptors (Lipinski definition) is 6. The summed E-state index contributed by atoms with van der Waals surface area (Å²) in [6.45, 7) is -1.06. The number of hydrogen-bond donors (Lipinski definition) is 2.